The fourth-order valence-corrected chi connectivity index (χ4v) is 3.81. The molecule has 0 spiro atoms. The predicted octanol–water partition coefficient (Wildman–Crippen LogP) is 1.77. The zero-order valence-corrected chi connectivity index (χ0v) is 19.6. The molecule has 0 radical (unpaired) electrons. The number of nitriles is 1. The first-order valence-corrected chi connectivity index (χ1v) is 10.9. The van der Waals surface area contributed by atoms with Gasteiger partial charge in [-0.2, -0.15) is 15.2 Å². The molecule has 1 N–H and O–H groups in total. The van der Waals surface area contributed by atoms with E-state index < -0.39 is 42.4 Å². The van der Waals surface area contributed by atoms with Crippen molar-refractivity contribution < 1.29 is 33.3 Å². The first-order chi connectivity index (χ1) is 17.3. The van der Waals surface area contributed by atoms with Gasteiger partial charge in [-0.25, -0.2) is 4.98 Å². The quantitative estimate of drug-likeness (QED) is 0.374. The highest BCUT2D eigenvalue weighted by atomic mass is 16.7. The molecule has 1 saturated heterocycles. The molecule has 1 fully saturated rings. The van der Waals surface area contributed by atoms with Gasteiger partial charge in [0.15, 0.2) is 35.4 Å². The maximum Gasteiger partial charge on any atom is 0.303 e. The third kappa shape index (κ3) is 5.23. The average molecular weight is 494 g/mol. The summed E-state index contributed by atoms with van der Waals surface area (Å²) >= 11 is 0. The van der Waals surface area contributed by atoms with Gasteiger partial charge in [0.1, 0.15) is 18.8 Å². The molecule has 4 atom stereocenters. The first kappa shape index (κ1) is 24.6. The van der Waals surface area contributed by atoms with Crippen LogP contribution >= 0.6 is 0 Å². The number of carbonyl (C=O) groups is 3. The number of nitrogens with zero attached hydrogens (tertiary/aromatic N) is 5. The molecule has 3 aromatic rings. The number of imidazole rings is 1. The number of esters is 3. The van der Waals surface area contributed by atoms with Crippen LogP contribution in [-0.2, 0) is 33.3 Å². The lowest BCUT2D eigenvalue weighted by molar-refractivity contribution is -0.166. The van der Waals surface area contributed by atoms with Gasteiger partial charge in [0.2, 0.25) is 5.82 Å². The van der Waals surface area contributed by atoms with Crippen molar-refractivity contribution in [1.29, 1.82) is 5.26 Å². The average Bonchev–Trinajstić information content (AvgIpc) is 3.39. The van der Waals surface area contributed by atoms with E-state index in [1.807, 2.05) is 36.4 Å². The van der Waals surface area contributed by atoms with E-state index >= 15 is 0 Å². The molecule has 1 aromatic carbocycles. The van der Waals surface area contributed by atoms with Gasteiger partial charge in [-0.1, -0.05) is 18.2 Å². The molecular weight excluding hydrogens is 472 g/mol. The van der Waals surface area contributed by atoms with Gasteiger partial charge < -0.3 is 24.3 Å². The normalized spacial score (nSPS) is 20.9. The number of ether oxygens (including phenoxy) is 4. The monoisotopic (exact) mass is 494 g/mol. The van der Waals surface area contributed by atoms with Crippen LogP contribution in [0.1, 0.15) is 32.8 Å². The van der Waals surface area contributed by atoms with Crippen LogP contribution in [0.3, 0.4) is 0 Å². The number of nitrogens with one attached hydrogen (secondary N) is 1. The Hall–Kier alpha value is -4.57. The summed E-state index contributed by atoms with van der Waals surface area (Å²) in [6, 6.07) is 11.1. The van der Waals surface area contributed by atoms with E-state index in [9.17, 15) is 19.6 Å². The van der Waals surface area contributed by atoms with Crippen LogP contribution in [0.5, 0.6) is 0 Å². The molecule has 1 aliphatic rings. The summed E-state index contributed by atoms with van der Waals surface area (Å²) in [5.74, 6) is -1.73. The summed E-state index contributed by atoms with van der Waals surface area (Å²) in [7, 11) is 0. The molecule has 0 amide bonds. The third-order valence-electron chi connectivity index (χ3n) is 5.17. The zero-order valence-electron chi connectivity index (χ0n) is 19.6. The van der Waals surface area contributed by atoms with Crippen LogP contribution in [0, 0.1) is 11.3 Å². The highest BCUT2D eigenvalue weighted by molar-refractivity contribution is 5.85. The van der Waals surface area contributed by atoms with Crippen molar-refractivity contribution >= 4 is 40.6 Å². The number of rotatable bonds is 7. The summed E-state index contributed by atoms with van der Waals surface area (Å²) < 4.78 is 23.4. The van der Waals surface area contributed by atoms with Gasteiger partial charge >= 0.3 is 17.9 Å². The van der Waals surface area contributed by atoms with Crippen LogP contribution in [-0.4, -0.2) is 62.3 Å². The number of anilines is 2. The molecule has 36 heavy (non-hydrogen) atoms. The van der Waals surface area contributed by atoms with Crippen LogP contribution in [0.25, 0.3) is 11.2 Å². The number of hydrogen-bond acceptors (Lipinski definition) is 12. The van der Waals surface area contributed by atoms with Gasteiger partial charge in [0.05, 0.1) is 6.33 Å². The molecule has 0 unspecified atom stereocenters. The molecular formula is C23H22N6O7. The molecule has 1 aliphatic heterocycles. The largest absolute Gasteiger partial charge is 0.463 e. The molecule has 13 nitrogen and oxygen atoms in total. The summed E-state index contributed by atoms with van der Waals surface area (Å²) in [5.41, 5.74) is 1.23. The SMILES string of the molecule is CC(=O)OC[C@@H]1O[C@@H](n2cnc3c(Nc4ccccc4)nc(C#N)nc32)[C@H](OC(C)=O)[C@@H]1OC(C)=O. The summed E-state index contributed by atoms with van der Waals surface area (Å²) in [5, 5.41) is 12.6. The van der Waals surface area contributed by atoms with E-state index in [4.69, 9.17) is 18.9 Å². The lowest BCUT2D eigenvalue weighted by atomic mass is 10.1. The topological polar surface area (TPSA) is 168 Å². The molecule has 0 aliphatic carbocycles. The van der Waals surface area contributed by atoms with Gasteiger partial charge in [-0.05, 0) is 12.1 Å². The van der Waals surface area contributed by atoms with E-state index in [0.29, 0.717) is 11.2 Å². The van der Waals surface area contributed by atoms with Crippen LogP contribution in [0.15, 0.2) is 36.7 Å². The van der Waals surface area contributed by atoms with E-state index in [2.05, 4.69) is 20.3 Å². The third-order valence-corrected chi connectivity index (χ3v) is 5.17. The van der Waals surface area contributed by atoms with E-state index in [-0.39, 0.29) is 23.9 Å². The Morgan fingerprint density at radius 1 is 1.06 bits per heavy atom. The minimum absolute atomic E-state index is 0.141. The number of benzene rings is 1. The number of fused-ring (bicyclic) bond motifs is 1. The standard InChI is InChI=1S/C23H22N6O7/c1-12(30)33-10-16-19(34-13(2)31)20(35-14(3)32)23(36-16)29-11-25-18-21(26-15-7-5-4-6-8-15)27-17(9-24)28-22(18)29/h4-8,11,16,19-20,23H,10H2,1-3H3,(H,26,27,28)/t16-,19+,20+,23+/m0/s1. The minimum atomic E-state index is -1.13. The maximum absolute atomic E-state index is 11.9. The van der Waals surface area contributed by atoms with Gasteiger partial charge in [-0.15, -0.1) is 0 Å². The van der Waals surface area contributed by atoms with Crippen molar-refractivity contribution in [3.63, 3.8) is 0 Å². The van der Waals surface area contributed by atoms with Crippen molar-refractivity contribution in [3.8, 4) is 6.07 Å². The first-order valence-electron chi connectivity index (χ1n) is 10.9. The highest BCUT2D eigenvalue weighted by Gasteiger charge is 2.51. The Labute approximate surface area is 205 Å². The second-order valence-electron chi connectivity index (χ2n) is 7.84. The van der Waals surface area contributed by atoms with Crippen molar-refractivity contribution in [3.05, 3.63) is 42.5 Å². The summed E-state index contributed by atoms with van der Waals surface area (Å²) in [6.07, 6.45) is -2.86. The second-order valence-corrected chi connectivity index (χ2v) is 7.84. The van der Waals surface area contributed by atoms with Crippen molar-refractivity contribution in [1.82, 2.24) is 19.5 Å². The van der Waals surface area contributed by atoms with Crippen LogP contribution < -0.4 is 5.32 Å². The summed E-state index contributed by atoms with van der Waals surface area (Å²) in [6.45, 7) is 3.36. The van der Waals surface area contributed by atoms with Crippen molar-refractivity contribution in [2.75, 3.05) is 11.9 Å². The Balaban J connectivity index is 1.78. The predicted molar refractivity (Wildman–Crippen MR) is 121 cm³/mol. The van der Waals surface area contributed by atoms with E-state index in [0.717, 1.165) is 0 Å². The smallest absolute Gasteiger partial charge is 0.303 e. The Morgan fingerprint density at radius 3 is 2.39 bits per heavy atom. The molecule has 0 saturated carbocycles. The minimum Gasteiger partial charge on any atom is -0.463 e. The van der Waals surface area contributed by atoms with Crippen molar-refractivity contribution in [2.45, 2.75) is 45.3 Å². The molecule has 0 bridgehead atoms. The second kappa shape index (κ2) is 10.4. The number of aromatic nitrogens is 4. The lowest BCUT2D eigenvalue weighted by Gasteiger charge is -2.23. The van der Waals surface area contributed by atoms with E-state index in [1.54, 1.807) is 0 Å². The Bertz CT molecular complexity index is 1340. The molecule has 186 valence electrons. The summed E-state index contributed by atoms with van der Waals surface area (Å²) in [4.78, 5) is 48.0. The molecule has 13 heteroatoms. The molecule has 3 heterocycles. The molecule has 2 aromatic heterocycles. The number of hydrogen-bond donors (Lipinski definition) is 1. The Morgan fingerprint density at radius 2 is 1.75 bits per heavy atom. The maximum atomic E-state index is 11.9. The van der Waals surface area contributed by atoms with Crippen LogP contribution in [0.2, 0.25) is 0 Å². The fourth-order valence-electron chi connectivity index (χ4n) is 3.81. The van der Waals surface area contributed by atoms with Gasteiger partial charge in [0, 0.05) is 26.5 Å². The Kier molecular flexibility index (Phi) is 7.07. The van der Waals surface area contributed by atoms with Gasteiger partial charge in [-0.3, -0.25) is 19.0 Å². The molecule has 4 rings (SSSR count). The zero-order chi connectivity index (χ0) is 25.8. The number of carbonyl (C=O) groups excluding carboxylic acids is 3. The number of para-hydroxylation sites is 1. The highest BCUT2D eigenvalue weighted by Crippen LogP contribution is 2.36. The van der Waals surface area contributed by atoms with Crippen LogP contribution in [0.4, 0.5) is 11.5 Å². The van der Waals surface area contributed by atoms with Crippen molar-refractivity contribution in [2.24, 2.45) is 0 Å². The van der Waals surface area contributed by atoms with E-state index in [1.165, 1.54) is 31.7 Å². The fraction of sp³-hybridized carbons (Fsp3) is 0.348. The van der Waals surface area contributed by atoms with Gasteiger partial charge in [0.25, 0.3) is 0 Å². The lowest BCUT2D eigenvalue weighted by Crippen LogP contribution is -2.40.